The Labute approximate surface area is 142 Å². The Morgan fingerprint density at radius 2 is 1.86 bits per heavy atom. The first kappa shape index (κ1) is 16.8. The fraction of sp³-hybridized carbons (Fsp3) is 0.200. The molecule has 116 valence electrons. The van der Waals surface area contributed by atoms with Crippen molar-refractivity contribution in [1.29, 1.82) is 0 Å². The van der Waals surface area contributed by atoms with E-state index in [1.54, 1.807) is 17.4 Å². The molecular formula is C15H14Cl2N2O2S. The summed E-state index contributed by atoms with van der Waals surface area (Å²) in [6, 6.07) is 8.52. The normalized spacial score (nSPS) is 10.3. The molecule has 0 radical (unpaired) electrons. The standard InChI is InChI=1S/C15H14Cl2N2O2S/c1-9-2-4-11(22-9)7-18-14(20)8-19-15(21)10-3-5-12(16)13(17)6-10/h2-6H,7-8H2,1H3,(H,18,20)(H,19,21). The monoisotopic (exact) mass is 356 g/mol. The van der Waals surface area contributed by atoms with Crippen LogP contribution < -0.4 is 10.6 Å². The average Bonchev–Trinajstić information content (AvgIpc) is 2.91. The van der Waals surface area contributed by atoms with E-state index >= 15 is 0 Å². The smallest absolute Gasteiger partial charge is 0.251 e. The second kappa shape index (κ2) is 7.63. The maximum atomic E-state index is 11.9. The van der Waals surface area contributed by atoms with E-state index in [1.165, 1.54) is 17.0 Å². The van der Waals surface area contributed by atoms with Crippen molar-refractivity contribution >= 4 is 46.4 Å². The number of thiophene rings is 1. The minimum atomic E-state index is -0.374. The summed E-state index contributed by atoms with van der Waals surface area (Å²) < 4.78 is 0. The van der Waals surface area contributed by atoms with E-state index in [9.17, 15) is 9.59 Å². The second-order valence-corrected chi connectivity index (χ2v) is 6.79. The summed E-state index contributed by atoms with van der Waals surface area (Å²) in [4.78, 5) is 25.9. The van der Waals surface area contributed by atoms with E-state index in [1.807, 2.05) is 19.1 Å². The molecule has 0 atom stereocenters. The highest BCUT2D eigenvalue weighted by Gasteiger charge is 2.10. The molecule has 0 aliphatic heterocycles. The average molecular weight is 357 g/mol. The van der Waals surface area contributed by atoms with E-state index in [-0.39, 0.29) is 18.4 Å². The predicted molar refractivity (Wildman–Crippen MR) is 89.7 cm³/mol. The van der Waals surface area contributed by atoms with Gasteiger partial charge in [-0.2, -0.15) is 0 Å². The van der Waals surface area contributed by atoms with Gasteiger partial charge in [-0.3, -0.25) is 9.59 Å². The maximum absolute atomic E-state index is 11.9. The predicted octanol–water partition coefficient (Wildman–Crippen LogP) is 3.41. The van der Waals surface area contributed by atoms with Crippen LogP contribution in [0.15, 0.2) is 30.3 Å². The summed E-state index contributed by atoms with van der Waals surface area (Å²) in [6.07, 6.45) is 0. The SMILES string of the molecule is Cc1ccc(CNC(=O)CNC(=O)c2ccc(Cl)c(Cl)c2)s1. The first-order valence-corrected chi connectivity index (χ1v) is 8.08. The van der Waals surface area contributed by atoms with Crippen LogP contribution in [0.25, 0.3) is 0 Å². The molecule has 1 aromatic carbocycles. The first-order valence-electron chi connectivity index (χ1n) is 6.51. The molecule has 0 fully saturated rings. The van der Waals surface area contributed by atoms with Crippen LogP contribution >= 0.6 is 34.5 Å². The number of nitrogens with one attached hydrogen (secondary N) is 2. The minimum Gasteiger partial charge on any atom is -0.350 e. The third-order valence-electron chi connectivity index (χ3n) is 2.85. The molecular weight excluding hydrogens is 343 g/mol. The summed E-state index contributed by atoms with van der Waals surface area (Å²) >= 11 is 13.3. The third-order valence-corrected chi connectivity index (χ3v) is 4.59. The van der Waals surface area contributed by atoms with Crippen molar-refractivity contribution in [2.45, 2.75) is 13.5 Å². The van der Waals surface area contributed by atoms with Crippen molar-refractivity contribution in [3.8, 4) is 0 Å². The number of aryl methyl sites for hydroxylation is 1. The lowest BCUT2D eigenvalue weighted by Crippen LogP contribution is -2.36. The molecule has 0 unspecified atom stereocenters. The number of carbonyl (C=O) groups excluding carboxylic acids is 2. The summed E-state index contributed by atoms with van der Waals surface area (Å²) in [5.41, 5.74) is 0.357. The highest BCUT2D eigenvalue weighted by molar-refractivity contribution is 7.11. The Hall–Kier alpha value is -1.56. The summed E-state index contributed by atoms with van der Waals surface area (Å²) in [6.45, 7) is 2.37. The van der Waals surface area contributed by atoms with Crippen molar-refractivity contribution in [3.63, 3.8) is 0 Å². The van der Waals surface area contributed by atoms with Gasteiger partial charge in [0.15, 0.2) is 0 Å². The highest BCUT2D eigenvalue weighted by atomic mass is 35.5. The molecule has 0 saturated heterocycles. The van der Waals surface area contributed by atoms with Crippen LogP contribution in [0, 0.1) is 6.92 Å². The van der Waals surface area contributed by atoms with Crippen molar-refractivity contribution in [1.82, 2.24) is 10.6 Å². The lowest BCUT2D eigenvalue weighted by molar-refractivity contribution is -0.120. The van der Waals surface area contributed by atoms with Gasteiger partial charge in [-0.15, -0.1) is 11.3 Å². The molecule has 22 heavy (non-hydrogen) atoms. The number of hydrogen-bond donors (Lipinski definition) is 2. The molecule has 2 aromatic rings. The van der Waals surface area contributed by atoms with Gasteiger partial charge in [0, 0.05) is 15.3 Å². The summed E-state index contributed by atoms with van der Waals surface area (Å²) in [5, 5.41) is 5.96. The number of benzene rings is 1. The van der Waals surface area contributed by atoms with Gasteiger partial charge in [0.05, 0.1) is 23.1 Å². The lowest BCUT2D eigenvalue weighted by Gasteiger charge is -2.07. The number of hydrogen-bond acceptors (Lipinski definition) is 3. The molecule has 0 spiro atoms. The molecule has 1 heterocycles. The zero-order chi connectivity index (χ0) is 16.1. The van der Waals surface area contributed by atoms with E-state index in [2.05, 4.69) is 10.6 Å². The van der Waals surface area contributed by atoms with Crippen LogP contribution in [-0.2, 0) is 11.3 Å². The Balaban J connectivity index is 1.80. The van der Waals surface area contributed by atoms with Gasteiger partial charge in [0.1, 0.15) is 0 Å². The Kier molecular flexibility index (Phi) is 5.83. The van der Waals surface area contributed by atoms with Gasteiger partial charge in [-0.25, -0.2) is 0 Å². The fourth-order valence-electron chi connectivity index (χ4n) is 1.73. The number of rotatable bonds is 5. The molecule has 4 nitrogen and oxygen atoms in total. The Morgan fingerprint density at radius 3 is 2.50 bits per heavy atom. The molecule has 1 aromatic heterocycles. The zero-order valence-corrected chi connectivity index (χ0v) is 14.1. The summed E-state index contributed by atoms with van der Waals surface area (Å²) in [7, 11) is 0. The Bertz CT molecular complexity index is 701. The van der Waals surface area contributed by atoms with E-state index in [4.69, 9.17) is 23.2 Å². The van der Waals surface area contributed by atoms with Crippen LogP contribution in [-0.4, -0.2) is 18.4 Å². The van der Waals surface area contributed by atoms with Crippen molar-refractivity contribution < 1.29 is 9.59 Å². The van der Waals surface area contributed by atoms with Crippen LogP contribution in [0.4, 0.5) is 0 Å². The van der Waals surface area contributed by atoms with Crippen LogP contribution in [0.1, 0.15) is 20.1 Å². The van der Waals surface area contributed by atoms with Gasteiger partial charge >= 0.3 is 0 Å². The first-order chi connectivity index (χ1) is 10.5. The van der Waals surface area contributed by atoms with Crippen molar-refractivity contribution in [2.75, 3.05) is 6.54 Å². The molecule has 2 N–H and O–H groups in total. The van der Waals surface area contributed by atoms with Crippen LogP contribution in [0.2, 0.25) is 10.0 Å². The van der Waals surface area contributed by atoms with Gasteiger partial charge in [0.2, 0.25) is 5.91 Å². The van der Waals surface area contributed by atoms with Gasteiger partial charge in [0.25, 0.3) is 5.91 Å². The Morgan fingerprint density at radius 1 is 1.09 bits per heavy atom. The largest absolute Gasteiger partial charge is 0.350 e. The van der Waals surface area contributed by atoms with Gasteiger partial charge in [-0.1, -0.05) is 23.2 Å². The lowest BCUT2D eigenvalue weighted by atomic mass is 10.2. The van der Waals surface area contributed by atoms with Crippen LogP contribution in [0.5, 0.6) is 0 Å². The molecule has 0 saturated carbocycles. The molecule has 2 rings (SSSR count). The molecule has 0 bridgehead atoms. The van der Waals surface area contributed by atoms with E-state index in [0.717, 1.165) is 4.88 Å². The number of halogens is 2. The molecule has 0 aliphatic carbocycles. The van der Waals surface area contributed by atoms with Crippen LogP contribution in [0.3, 0.4) is 0 Å². The summed E-state index contributed by atoms with van der Waals surface area (Å²) in [5.74, 6) is -0.625. The van der Waals surface area contributed by atoms with E-state index < -0.39 is 0 Å². The van der Waals surface area contributed by atoms with Crippen molar-refractivity contribution in [2.24, 2.45) is 0 Å². The fourth-order valence-corrected chi connectivity index (χ4v) is 2.86. The number of carbonyl (C=O) groups is 2. The zero-order valence-electron chi connectivity index (χ0n) is 11.8. The third kappa shape index (κ3) is 4.73. The minimum absolute atomic E-state index is 0.0938. The van der Waals surface area contributed by atoms with Gasteiger partial charge in [-0.05, 0) is 37.3 Å². The topological polar surface area (TPSA) is 58.2 Å². The molecule has 0 aliphatic rings. The van der Waals surface area contributed by atoms with Gasteiger partial charge < -0.3 is 10.6 Å². The maximum Gasteiger partial charge on any atom is 0.251 e. The number of amides is 2. The highest BCUT2D eigenvalue weighted by Crippen LogP contribution is 2.22. The quantitative estimate of drug-likeness (QED) is 0.862. The van der Waals surface area contributed by atoms with Crippen molar-refractivity contribution in [3.05, 3.63) is 55.7 Å². The van der Waals surface area contributed by atoms with E-state index in [0.29, 0.717) is 22.2 Å². The molecule has 2 amide bonds. The second-order valence-electron chi connectivity index (χ2n) is 4.60. The molecule has 7 heteroatoms.